The first-order valence-electron chi connectivity index (χ1n) is 5.43. The summed E-state index contributed by atoms with van der Waals surface area (Å²) in [5.41, 5.74) is 8.73. The predicted octanol–water partition coefficient (Wildman–Crippen LogP) is 2.50. The van der Waals surface area contributed by atoms with Gasteiger partial charge in [0.25, 0.3) is 0 Å². The first-order valence-corrected chi connectivity index (χ1v) is 5.43. The number of fused-ring (bicyclic) bond motifs is 1. The minimum atomic E-state index is 0.799. The van der Waals surface area contributed by atoms with E-state index in [1.54, 1.807) is 0 Å². The number of rotatable bonds is 3. The van der Waals surface area contributed by atoms with Gasteiger partial charge in [-0.15, -0.1) is 0 Å². The van der Waals surface area contributed by atoms with E-state index in [2.05, 4.69) is 23.5 Å². The molecule has 15 heavy (non-hydrogen) atoms. The molecule has 0 saturated heterocycles. The second-order valence-electron chi connectivity index (χ2n) is 3.94. The summed E-state index contributed by atoms with van der Waals surface area (Å²) in [6, 6.07) is 5.87. The van der Waals surface area contributed by atoms with Crippen LogP contribution in [-0.2, 0) is 13.5 Å². The number of aromatic nitrogens is 2. The van der Waals surface area contributed by atoms with Crippen molar-refractivity contribution in [1.29, 1.82) is 0 Å². The highest BCUT2D eigenvalue weighted by Crippen LogP contribution is 2.18. The summed E-state index contributed by atoms with van der Waals surface area (Å²) in [4.78, 5) is 4.60. The van der Waals surface area contributed by atoms with E-state index in [0.717, 1.165) is 29.0 Å². The molecule has 2 aromatic rings. The van der Waals surface area contributed by atoms with Gasteiger partial charge < -0.3 is 10.3 Å². The van der Waals surface area contributed by atoms with E-state index in [1.165, 1.54) is 12.8 Å². The third-order valence-electron chi connectivity index (χ3n) is 2.75. The Bertz CT molecular complexity index is 471. The van der Waals surface area contributed by atoms with Gasteiger partial charge >= 0.3 is 0 Å². The van der Waals surface area contributed by atoms with Crippen molar-refractivity contribution >= 4 is 16.7 Å². The fourth-order valence-electron chi connectivity index (χ4n) is 1.82. The number of imidazole rings is 1. The van der Waals surface area contributed by atoms with Gasteiger partial charge in [0.05, 0.1) is 11.0 Å². The van der Waals surface area contributed by atoms with Crippen LogP contribution in [0, 0.1) is 0 Å². The maximum atomic E-state index is 5.76. The van der Waals surface area contributed by atoms with Crippen molar-refractivity contribution in [3.8, 4) is 0 Å². The van der Waals surface area contributed by atoms with Crippen molar-refractivity contribution in [2.45, 2.75) is 26.2 Å². The van der Waals surface area contributed by atoms with Crippen molar-refractivity contribution in [1.82, 2.24) is 9.55 Å². The molecule has 1 aromatic heterocycles. The van der Waals surface area contributed by atoms with Crippen molar-refractivity contribution in [3.63, 3.8) is 0 Å². The average Bonchev–Trinajstić information content (AvgIpc) is 2.53. The van der Waals surface area contributed by atoms with Crippen LogP contribution in [0.3, 0.4) is 0 Å². The number of nitrogens with zero attached hydrogens (tertiary/aromatic N) is 2. The molecule has 0 spiro atoms. The van der Waals surface area contributed by atoms with Crippen LogP contribution < -0.4 is 5.73 Å². The Balaban J connectivity index is 2.45. The highest BCUT2D eigenvalue weighted by Gasteiger charge is 2.06. The highest BCUT2D eigenvalue weighted by atomic mass is 15.1. The Labute approximate surface area is 89.9 Å². The van der Waals surface area contributed by atoms with Crippen LogP contribution in [0.4, 0.5) is 5.69 Å². The number of hydrogen-bond acceptors (Lipinski definition) is 2. The molecule has 0 amide bonds. The lowest BCUT2D eigenvalue weighted by atomic mass is 10.2. The maximum Gasteiger partial charge on any atom is 0.109 e. The van der Waals surface area contributed by atoms with E-state index >= 15 is 0 Å². The van der Waals surface area contributed by atoms with Crippen LogP contribution in [-0.4, -0.2) is 9.55 Å². The molecule has 0 unspecified atom stereocenters. The van der Waals surface area contributed by atoms with Gasteiger partial charge in [-0.05, 0) is 24.6 Å². The minimum absolute atomic E-state index is 0.799. The number of nitrogens with two attached hydrogens (primary N) is 1. The smallest absolute Gasteiger partial charge is 0.109 e. The fraction of sp³-hybridized carbons (Fsp3) is 0.417. The Morgan fingerprint density at radius 3 is 2.93 bits per heavy atom. The van der Waals surface area contributed by atoms with E-state index < -0.39 is 0 Å². The number of aryl methyl sites for hydroxylation is 2. The molecule has 0 aliphatic heterocycles. The van der Waals surface area contributed by atoms with Crippen molar-refractivity contribution in [2.75, 3.05) is 5.73 Å². The van der Waals surface area contributed by atoms with E-state index in [0.29, 0.717) is 0 Å². The Hall–Kier alpha value is -1.51. The standard InChI is InChI=1S/C12H17N3/c1-3-4-5-12-14-10-7-6-9(13)8-11(10)15(12)2/h6-8H,3-5,13H2,1-2H3. The SMILES string of the molecule is CCCCc1nc2ccc(N)cc2n1C. The molecule has 2 N–H and O–H groups in total. The predicted molar refractivity (Wildman–Crippen MR) is 63.7 cm³/mol. The second-order valence-corrected chi connectivity index (χ2v) is 3.94. The maximum absolute atomic E-state index is 5.76. The van der Waals surface area contributed by atoms with Crippen LogP contribution >= 0.6 is 0 Å². The normalized spacial score (nSPS) is 11.1. The minimum Gasteiger partial charge on any atom is -0.399 e. The first-order chi connectivity index (χ1) is 7.22. The van der Waals surface area contributed by atoms with Crippen molar-refractivity contribution < 1.29 is 0 Å². The number of hydrogen-bond donors (Lipinski definition) is 1. The van der Waals surface area contributed by atoms with Gasteiger partial charge in [-0.3, -0.25) is 0 Å². The lowest BCUT2D eigenvalue weighted by molar-refractivity contribution is 0.720. The topological polar surface area (TPSA) is 43.8 Å². The van der Waals surface area contributed by atoms with Gasteiger partial charge in [0.1, 0.15) is 5.82 Å². The monoisotopic (exact) mass is 203 g/mol. The van der Waals surface area contributed by atoms with Gasteiger partial charge in [0.15, 0.2) is 0 Å². The van der Waals surface area contributed by atoms with Gasteiger partial charge in [-0.2, -0.15) is 0 Å². The lowest BCUT2D eigenvalue weighted by Gasteiger charge is -2.00. The molecule has 0 fully saturated rings. The second kappa shape index (κ2) is 3.93. The van der Waals surface area contributed by atoms with Crippen LogP contribution in [0.5, 0.6) is 0 Å². The number of unbranched alkanes of at least 4 members (excludes halogenated alkanes) is 1. The fourth-order valence-corrected chi connectivity index (χ4v) is 1.82. The first kappa shape index (κ1) is 10.0. The molecule has 2 rings (SSSR count). The number of anilines is 1. The summed E-state index contributed by atoms with van der Waals surface area (Å²) < 4.78 is 2.14. The third-order valence-corrected chi connectivity index (χ3v) is 2.75. The Morgan fingerprint density at radius 2 is 2.20 bits per heavy atom. The summed E-state index contributed by atoms with van der Waals surface area (Å²) >= 11 is 0. The van der Waals surface area contributed by atoms with Gasteiger partial charge in [0, 0.05) is 19.2 Å². The molecule has 3 heteroatoms. The largest absolute Gasteiger partial charge is 0.399 e. The molecule has 0 atom stereocenters. The van der Waals surface area contributed by atoms with E-state index in [4.69, 9.17) is 5.73 Å². The van der Waals surface area contributed by atoms with Gasteiger partial charge in [-0.1, -0.05) is 13.3 Å². The zero-order valence-corrected chi connectivity index (χ0v) is 9.33. The van der Waals surface area contributed by atoms with Gasteiger partial charge in [-0.25, -0.2) is 4.98 Å². The van der Waals surface area contributed by atoms with Crippen LogP contribution in [0.1, 0.15) is 25.6 Å². The third kappa shape index (κ3) is 1.82. The molecule has 3 nitrogen and oxygen atoms in total. The highest BCUT2D eigenvalue weighted by molar-refractivity contribution is 5.79. The summed E-state index contributed by atoms with van der Waals surface area (Å²) in [6.07, 6.45) is 3.43. The van der Waals surface area contributed by atoms with Crippen LogP contribution in [0.2, 0.25) is 0 Å². The molecular formula is C12H17N3. The Morgan fingerprint density at radius 1 is 1.40 bits per heavy atom. The average molecular weight is 203 g/mol. The molecule has 0 saturated carbocycles. The summed E-state index contributed by atoms with van der Waals surface area (Å²) in [5.74, 6) is 1.15. The molecule has 1 aromatic carbocycles. The quantitative estimate of drug-likeness (QED) is 0.779. The van der Waals surface area contributed by atoms with Crippen molar-refractivity contribution in [3.05, 3.63) is 24.0 Å². The number of nitrogen functional groups attached to an aromatic ring is 1. The molecule has 1 heterocycles. The van der Waals surface area contributed by atoms with Crippen LogP contribution in [0.25, 0.3) is 11.0 Å². The zero-order valence-electron chi connectivity index (χ0n) is 9.33. The van der Waals surface area contributed by atoms with Gasteiger partial charge in [0.2, 0.25) is 0 Å². The lowest BCUT2D eigenvalue weighted by Crippen LogP contribution is -1.97. The summed E-state index contributed by atoms with van der Waals surface area (Å²) in [6.45, 7) is 2.20. The van der Waals surface area contributed by atoms with Crippen LogP contribution in [0.15, 0.2) is 18.2 Å². The molecule has 0 aliphatic carbocycles. The molecular weight excluding hydrogens is 186 g/mol. The number of benzene rings is 1. The summed E-state index contributed by atoms with van der Waals surface area (Å²) in [5, 5.41) is 0. The van der Waals surface area contributed by atoms with E-state index in [-0.39, 0.29) is 0 Å². The molecule has 0 radical (unpaired) electrons. The molecule has 80 valence electrons. The summed E-state index contributed by atoms with van der Waals surface area (Å²) in [7, 11) is 2.06. The molecule has 0 aliphatic rings. The Kier molecular flexibility index (Phi) is 2.62. The van der Waals surface area contributed by atoms with E-state index in [1.807, 2.05) is 18.2 Å². The zero-order chi connectivity index (χ0) is 10.8. The van der Waals surface area contributed by atoms with Crippen molar-refractivity contribution in [2.24, 2.45) is 7.05 Å². The van der Waals surface area contributed by atoms with E-state index in [9.17, 15) is 0 Å². The molecule has 0 bridgehead atoms.